The molecule has 0 rings (SSSR count). The van der Waals surface area contributed by atoms with E-state index >= 15 is 0 Å². The monoisotopic (exact) mass is 906 g/mol. The Labute approximate surface area is 402 Å². The van der Waals surface area contributed by atoms with Gasteiger partial charge in [-0.3, -0.25) is 9.59 Å². The first kappa shape index (κ1) is 62.0. The van der Waals surface area contributed by atoms with Gasteiger partial charge in [-0.15, -0.1) is 0 Å². The Morgan fingerprint density at radius 3 is 1.26 bits per heavy atom. The van der Waals surface area contributed by atoms with E-state index in [1.807, 2.05) is 0 Å². The highest BCUT2D eigenvalue weighted by Crippen LogP contribution is 2.18. The molecule has 0 radical (unpaired) electrons. The van der Waals surface area contributed by atoms with E-state index < -0.39 is 18.2 Å². The third-order valence-electron chi connectivity index (χ3n) is 12.0. The molecule has 0 saturated carbocycles. The first-order chi connectivity index (χ1) is 32.0. The summed E-state index contributed by atoms with van der Waals surface area (Å²) in [5.74, 6) is -0.528. The number of carbonyl (C=O) groups excluding carboxylic acids is 2. The Bertz CT molecular complexity index is 1250. The lowest BCUT2D eigenvalue weighted by molar-refractivity contribution is -0.151. The number of nitrogens with one attached hydrogen (secondary N) is 1. The Morgan fingerprint density at radius 2 is 0.831 bits per heavy atom. The molecule has 1 amide bonds. The van der Waals surface area contributed by atoms with Crippen molar-refractivity contribution < 1.29 is 24.5 Å². The molecule has 0 saturated heterocycles. The minimum absolute atomic E-state index is 0.0509. The maximum atomic E-state index is 13.2. The van der Waals surface area contributed by atoms with Crippen LogP contribution in [0.15, 0.2) is 85.1 Å². The molecule has 0 aromatic carbocycles. The quantitative estimate of drug-likeness (QED) is 0.0321. The van der Waals surface area contributed by atoms with Crippen molar-refractivity contribution >= 4 is 11.9 Å². The molecule has 0 aliphatic rings. The molecular weight excluding hydrogens is 803 g/mol. The van der Waals surface area contributed by atoms with Crippen molar-refractivity contribution in [2.75, 3.05) is 6.61 Å². The van der Waals surface area contributed by atoms with E-state index in [0.717, 1.165) is 122 Å². The van der Waals surface area contributed by atoms with Crippen LogP contribution in [0.2, 0.25) is 0 Å². The van der Waals surface area contributed by atoms with Crippen molar-refractivity contribution in [2.24, 2.45) is 0 Å². The first-order valence-corrected chi connectivity index (χ1v) is 27.3. The predicted octanol–water partition coefficient (Wildman–Crippen LogP) is 16.7. The Morgan fingerprint density at radius 1 is 0.462 bits per heavy atom. The topological polar surface area (TPSA) is 95.9 Å². The summed E-state index contributed by atoms with van der Waals surface area (Å²) >= 11 is 0. The molecule has 0 fully saturated rings. The second-order valence-corrected chi connectivity index (χ2v) is 18.2. The third-order valence-corrected chi connectivity index (χ3v) is 12.0. The van der Waals surface area contributed by atoms with Crippen LogP contribution < -0.4 is 5.32 Å². The third kappa shape index (κ3) is 47.3. The smallest absolute Gasteiger partial charge is 0.306 e. The van der Waals surface area contributed by atoms with Gasteiger partial charge in [-0.1, -0.05) is 228 Å². The summed E-state index contributed by atoms with van der Waals surface area (Å²) in [6.45, 7) is 6.26. The van der Waals surface area contributed by atoms with Crippen LogP contribution in [0.3, 0.4) is 0 Å². The average molecular weight is 906 g/mol. The van der Waals surface area contributed by atoms with Crippen molar-refractivity contribution in [2.45, 2.75) is 270 Å². The molecule has 3 unspecified atom stereocenters. The highest BCUT2D eigenvalue weighted by molar-refractivity contribution is 5.77. The van der Waals surface area contributed by atoms with Crippen molar-refractivity contribution in [3.05, 3.63) is 85.1 Å². The van der Waals surface area contributed by atoms with E-state index in [4.69, 9.17) is 4.74 Å². The minimum Gasteiger partial charge on any atom is -0.462 e. The number of esters is 1. The fraction of sp³-hybridized carbons (Fsp3) is 0.729. The van der Waals surface area contributed by atoms with Crippen molar-refractivity contribution in [3.63, 3.8) is 0 Å². The maximum Gasteiger partial charge on any atom is 0.306 e. The van der Waals surface area contributed by atoms with Crippen LogP contribution in [0.4, 0.5) is 0 Å². The van der Waals surface area contributed by atoms with Crippen LogP contribution >= 0.6 is 0 Å². The van der Waals surface area contributed by atoms with Gasteiger partial charge < -0.3 is 20.3 Å². The Balaban J connectivity index is 4.59. The zero-order valence-electron chi connectivity index (χ0n) is 42.6. The molecule has 3 N–H and O–H groups in total. The zero-order valence-corrected chi connectivity index (χ0v) is 42.6. The fourth-order valence-electron chi connectivity index (χ4n) is 7.91. The number of aliphatic hydroxyl groups excluding tert-OH is 2. The van der Waals surface area contributed by atoms with Crippen molar-refractivity contribution in [1.82, 2.24) is 5.32 Å². The lowest BCUT2D eigenvalue weighted by atomic mass is 10.0. The van der Waals surface area contributed by atoms with Gasteiger partial charge in [0.25, 0.3) is 0 Å². The molecule has 374 valence electrons. The lowest BCUT2D eigenvalue weighted by Crippen LogP contribution is -2.46. The van der Waals surface area contributed by atoms with Crippen molar-refractivity contribution in [3.8, 4) is 0 Å². The number of allylic oxidation sites excluding steroid dienone is 14. The van der Waals surface area contributed by atoms with E-state index in [0.29, 0.717) is 19.3 Å². The maximum absolute atomic E-state index is 13.2. The molecule has 0 spiro atoms. The van der Waals surface area contributed by atoms with E-state index in [1.54, 1.807) is 0 Å². The van der Waals surface area contributed by atoms with Gasteiger partial charge in [0.05, 0.1) is 25.2 Å². The largest absolute Gasteiger partial charge is 0.462 e. The van der Waals surface area contributed by atoms with Gasteiger partial charge in [-0.25, -0.2) is 0 Å². The van der Waals surface area contributed by atoms with E-state index in [9.17, 15) is 19.8 Å². The number of ether oxygens (including phenoxy) is 1. The number of amides is 1. The summed E-state index contributed by atoms with van der Waals surface area (Å²) < 4.78 is 5.92. The molecule has 65 heavy (non-hydrogen) atoms. The Hall–Kier alpha value is -2.96. The molecule has 0 aromatic rings. The van der Waals surface area contributed by atoms with Crippen LogP contribution in [0.25, 0.3) is 0 Å². The molecule has 0 aromatic heterocycles. The molecule has 6 nitrogen and oxygen atoms in total. The lowest BCUT2D eigenvalue weighted by Gasteiger charge is -2.24. The van der Waals surface area contributed by atoms with Crippen LogP contribution in [0.5, 0.6) is 0 Å². The van der Waals surface area contributed by atoms with Gasteiger partial charge in [-0.2, -0.15) is 0 Å². The molecule has 0 aliphatic heterocycles. The minimum atomic E-state index is -0.802. The highest BCUT2D eigenvalue weighted by Gasteiger charge is 2.24. The van der Waals surface area contributed by atoms with Crippen LogP contribution in [-0.2, 0) is 14.3 Å². The van der Waals surface area contributed by atoms with Gasteiger partial charge >= 0.3 is 5.97 Å². The van der Waals surface area contributed by atoms with E-state index in [1.165, 1.54) is 83.5 Å². The van der Waals surface area contributed by atoms with E-state index in [-0.39, 0.29) is 24.9 Å². The predicted molar refractivity (Wildman–Crippen MR) is 282 cm³/mol. The molecule has 0 aliphatic carbocycles. The zero-order chi connectivity index (χ0) is 47.4. The number of unbranched alkanes of at least 4 members (excludes halogenated alkanes) is 22. The molecule has 3 atom stereocenters. The highest BCUT2D eigenvalue weighted by atomic mass is 16.5. The number of hydrogen-bond donors (Lipinski definition) is 3. The second kappa shape index (κ2) is 52.0. The normalized spacial score (nSPS) is 13.9. The molecular formula is C59H103NO5. The Kier molecular flexibility index (Phi) is 49.6. The van der Waals surface area contributed by atoms with Gasteiger partial charge in [-0.05, 0) is 96.3 Å². The van der Waals surface area contributed by atoms with Crippen LogP contribution in [0.1, 0.15) is 252 Å². The standard InChI is InChI=1S/C59H103NO5/c1-4-7-10-13-16-19-22-25-27-28-29-30-32-34-37-40-43-46-49-52-59(64)65-55(50-47-44-41-38-35-24-21-18-15-12-9-6-3)53-58(63)60-56(54-61)57(62)51-48-45-42-39-36-33-31-26-23-20-17-14-11-8-5-2/h7,9-10,12,16,18-19,21,25,27,29-30,34,37,55-57,61-62H,4-6,8,11,13-15,17,20,22-24,26,28,31-33,35-36,38-54H2,1-3H3,(H,60,63)/b10-7-,12-9+,19-16-,21-18+,27-25-,30-29-,37-34-. The van der Waals surface area contributed by atoms with Gasteiger partial charge in [0.2, 0.25) is 5.91 Å². The number of aliphatic hydroxyl groups is 2. The second-order valence-electron chi connectivity index (χ2n) is 18.2. The van der Waals surface area contributed by atoms with Gasteiger partial charge in [0.15, 0.2) is 0 Å². The fourth-order valence-corrected chi connectivity index (χ4v) is 7.91. The SMILES string of the molecule is CC/C=C\C/C=C\C/C=C\C/C=C\C/C=C\CCCCCC(=O)OC(CCCCCCC/C=C/C/C=C/CC)CC(=O)NC(CO)C(O)CCCCCCCCCCCCCCCCC. The first-order valence-electron chi connectivity index (χ1n) is 27.3. The molecule has 0 heterocycles. The molecule has 6 heteroatoms. The number of carbonyl (C=O) groups is 2. The summed E-state index contributed by atoms with van der Waals surface area (Å²) in [6, 6.07) is -0.717. The summed E-state index contributed by atoms with van der Waals surface area (Å²) in [7, 11) is 0. The molecule has 0 bridgehead atoms. The average Bonchev–Trinajstić information content (AvgIpc) is 3.30. The summed E-state index contributed by atoms with van der Waals surface area (Å²) in [4.78, 5) is 26.2. The van der Waals surface area contributed by atoms with Crippen LogP contribution in [0, 0.1) is 0 Å². The van der Waals surface area contributed by atoms with E-state index in [2.05, 4.69) is 111 Å². The van der Waals surface area contributed by atoms with Gasteiger partial charge in [0.1, 0.15) is 6.10 Å². The number of hydrogen-bond acceptors (Lipinski definition) is 5. The van der Waals surface area contributed by atoms with Crippen molar-refractivity contribution in [1.29, 1.82) is 0 Å². The van der Waals surface area contributed by atoms with Crippen LogP contribution in [-0.4, -0.2) is 46.9 Å². The summed E-state index contributed by atoms with van der Waals surface area (Å²) in [5, 5.41) is 23.8. The summed E-state index contributed by atoms with van der Waals surface area (Å²) in [5.41, 5.74) is 0. The van der Waals surface area contributed by atoms with Gasteiger partial charge in [0, 0.05) is 6.42 Å². The summed E-state index contributed by atoms with van der Waals surface area (Å²) in [6.07, 6.45) is 67.9. The number of rotatable bonds is 48.